The van der Waals surface area contributed by atoms with Crippen LogP contribution in [0.3, 0.4) is 0 Å². The largest absolute Gasteiger partial charge is 0.374 e. The predicted molar refractivity (Wildman–Crippen MR) is 69.0 cm³/mol. The van der Waals surface area contributed by atoms with Gasteiger partial charge in [0.2, 0.25) is 0 Å². The molecule has 0 radical (unpaired) electrons. The smallest absolute Gasteiger partial charge is 0.269 e. The summed E-state index contributed by atoms with van der Waals surface area (Å²) in [7, 11) is 5.32. The van der Waals surface area contributed by atoms with Crippen LogP contribution >= 0.6 is 0 Å². The molecular formula is C11H15N5O2. The van der Waals surface area contributed by atoms with Gasteiger partial charge in [0.1, 0.15) is 5.84 Å². The Bertz CT molecular complexity index is 522. The third-order valence-electron chi connectivity index (χ3n) is 3.17. The molecule has 1 aliphatic rings. The lowest BCUT2D eigenvalue weighted by Crippen LogP contribution is -2.58. The van der Waals surface area contributed by atoms with Crippen molar-refractivity contribution < 1.29 is 4.92 Å². The Balaban J connectivity index is 2.61. The molecule has 1 heterocycles. The molecule has 0 saturated carbocycles. The van der Waals surface area contributed by atoms with Gasteiger partial charge in [-0.25, -0.2) is 4.99 Å². The van der Waals surface area contributed by atoms with Crippen LogP contribution in [0.4, 0.5) is 11.4 Å². The molecule has 0 saturated heterocycles. The van der Waals surface area contributed by atoms with Gasteiger partial charge in [0.15, 0.2) is 5.66 Å². The van der Waals surface area contributed by atoms with E-state index in [0.29, 0.717) is 11.5 Å². The Morgan fingerprint density at radius 3 is 2.44 bits per heavy atom. The van der Waals surface area contributed by atoms with Crippen LogP contribution in [0, 0.1) is 10.1 Å². The molecule has 18 heavy (non-hydrogen) atoms. The summed E-state index contributed by atoms with van der Waals surface area (Å²) in [5.74, 6) is 0.683. The van der Waals surface area contributed by atoms with E-state index in [2.05, 4.69) is 20.9 Å². The molecule has 7 heteroatoms. The Kier molecular flexibility index (Phi) is 3.02. The van der Waals surface area contributed by atoms with Gasteiger partial charge in [0, 0.05) is 24.7 Å². The fraction of sp³-hybridized carbons (Fsp3) is 0.364. The van der Waals surface area contributed by atoms with Crippen molar-refractivity contribution in [3.63, 3.8) is 0 Å². The molecule has 0 aromatic heterocycles. The molecule has 0 aliphatic carbocycles. The molecule has 96 valence electrons. The number of nitrogens with zero attached hydrogens (tertiary/aromatic N) is 2. The standard InChI is InChI=1S/C11H15N5O2/c1-12-10-11(13-2,14-3)8-6-7(16(17)18)4-5-9(8)15-10/h4-6,13-14H,1-3H3,(H,12,15). The number of nitro groups is 1. The molecule has 1 aromatic carbocycles. The van der Waals surface area contributed by atoms with Gasteiger partial charge in [-0.1, -0.05) is 0 Å². The Morgan fingerprint density at radius 2 is 1.94 bits per heavy atom. The summed E-state index contributed by atoms with van der Waals surface area (Å²) < 4.78 is 0. The second-order valence-electron chi connectivity index (χ2n) is 3.92. The van der Waals surface area contributed by atoms with Gasteiger partial charge in [0.25, 0.3) is 5.69 Å². The SMILES string of the molecule is CNC1=Nc2ccc([N+](=O)[O-])cc2C1(NC)NC. The van der Waals surface area contributed by atoms with E-state index in [1.54, 1.807) is 27.2 Å². The lowest BCUT2D eigenvalue weighted by Gasteiger charge is -2.30. The van der Waals surface area contributed by atoms with E-state index in [1.165, 1.54) is 12.1 Å². The van der Waals surface area contributed by atoms with Gasteiger partial charge in [-0.15, -0.1) is 0 Å². The minimum atomic E-state index is -0.712. The number of rotatable bonds is 3. The highest BCUT2D eigenvalue weighted by Crippen LogP contribution is 2.37. The number of non-ortho nitro benzene ring substituents is 1. The summed E-state index contributed by atoms with van der Waals surface area (Å²) in [4.78, 5) is 14.9. The maximum atomic E-state index is 10.9. The summed E-state index contributed by atoms with van der Waals surface area (Å²) in [5.41, 5.74) is 0.798. The lowest BCUT2D eigenvalue weighted by molar-refractivity contribution is -0.384. The lowest BCUT2D eigenvalue weighted by atomic mass is 9.98. The molecule has 0 bridgehead atoms. The van der Waals surface area contributed by atoms with Crippen molar-refractivity contribution in [1.82, 2.24) is 16.0 Å². The van der Waals surface area contributed by atoms with Crippen LogP contribution in [0.1, 0.15) is 5.56 Å². The fourth-order valence-electron chi connectivity index (χ4n) is 2.24. The molecule has 0 unspecified atom stereocenters. The Morgan fingerprint density at radius 1 is 1.28 bits per heavy atom. The van der Waals surface area contributed by atoms with Crippen molar-refractivity contribution in [2.75, 3.05) is 21.1 Å². The molecule has 3 N–H and O–H groups in total. The van der Waals surface area contributed by atoms with Gasteiger partial charge in [-0.3, -0.25) is 20.7 Å². The molecule has 0 fully saturated rings. The molecular weight excluding hydrogens is 234 g/mol. The van der Waals surface area contributed by atoms with Crippen molar-refractivity contribution in [2.24, 2.45) is 4.99 Å². The summed E-state index contributed by atoms with van der Waals surface area (Å²) in [6.45, 7) is 0. The van der Waals surface area contributed by atoms with Crippen LogP contribution in [-0.4, -0.2) is 31.9 Å². The Hall–Kier alpha value is -1.99. The molecule has 1 aliphatic heterocycles. The van der Waals surface area contributed by atoms with E-state index >= 15 is 0 Å². The van der Waals surface area contributed by atoms with Crippen LogP contribution in [-0.2, 0) is 5.66 Å². The first kappa shape index (κ1) is 12.5. The maximum Gasteiger partial charge on any atom is 0.269 e. The number of amidine groups is 1. The zero-order chi connectivity index (χ0) is 13.3. The van der Waals surface area contributed by atoms with Crippen LogP contribution < -0.4 is 16.0 Å². The van der Waals surface area contributed by atoms with Crippen molar-refractivity contribution in [2.45, 2.75) is 5.66 Å². The third kappa shape index (κ3) is 1.56. The van der Waals surface area contributed by atoms with E-state index in [9.17, 15) is 10.1 Å². The van der Waals surface area contributed by atoms with E-state index in [4.69, 9.17) is 0 Å². The first-order valence-electron chi connectivity index (χ1n) is 5.52. The minimum absolute atomic E-state index is 0.0520. The molecule has 1 aromatic rings. The number of hydrogen-bond acceptors (Lipinski definition) is 6. The first-order chi connectivity index (χ1) is 8.58. The summed E-state index contributed by atoms with van der Waals surface area (Å²) >= 11 is 0. The van der Waals surface area contributed by atoms with Crippen molar-refractivity contribution >= 4 is 17.2 Å². The fourth-order valence-corrected chi connectivity index (χ4v) is 2.24. The van der Waals surface area contributed by atoms with E-state index in [1.807, 2.05) is 0 Å². The zero-order valence-corrected chi connectivity index (χ0v) is 10.4. The number of likely N-dealkylation sites (N-methyl/N-ethyl adjacent to an activating group) is 3. The van der Waals surface area contributed by atoms with Crippen LogP contribution in [0.2, 0.25) is 0 Å². The second-order valence-corrected chi connectivity index (χ2v) is 3.92. The van der Waals surface area contributed by atoms with Crippen molar-refractivity contribution in [3.05, 3.63) is 33.9 Å². The predicted octanol–water partition coefficient (Wildman–Crippen LogP) is 0.449. The number of fused-ring (bicyclic) bond motifs is 1. The average molecular weight is 249 g/mol. The van der Waals surface area contributed by atoms with Crippen LogP contribution in [0.25, 0.3) is 0 Å². The van der Waals surface area contributed by atoms with Crippen LogP contribution in [0.15, 0.2) is 23.2 Å². The number of nitro benzene ring substituents is 1. The second kappa shape index (κ2) is 4.35. The highest BCUT2D eigenvalue weighted by atomic mass is 16.6. The van der Waals surface area contributed by atoms with E-state index in [0.717, 1.165) is 5.56 Å². The molecule has 7 nitrogen and oxygen atoms in total. The number of aliphatic imine (C=N–C) groups is 1. The summed E-state index contributed by atoms with van der Waals surface area (Å²) in [6.07, 6.45) is 0. The highest BCUT2D eigenvalue weighted by molar-refractivity contribution is 5.99. The van der Waals surface area contributed by atoms with Gasteiger partial charge < -0.3 is 5.32 Å². The average Bonchev–Trinajstić information content (AvgIpc) is 2.71. The topological polar surface area (TPSA) is 91.6 Å². The maximum absolute atomic E-state index is 10.9. The summed E-state index contributed by atoms with van der Waals surface area (Å²) in [6, 6.07) is 4.65. The van der Waals surface area contributed by atoms with Gasteiger partial charge >= 0.3 is 0 Å². The number of hydrogen-bond donors (Lipinski definition) is 3. The summed E-state index contributed by atoms with van der Waals surface area (Å²) in [5, 5.41) is 20.1. The molecule has 0 spiro atoms. The third-order valence-corrected chi connectivity index (χ3v) is 3.17. The van der Waals surface area contributed by atoms with Crippen LogP contribution in [0.5, 0.6) is 0 Å². The zero-order valence-electron chi connectivity index (χ0n) is 10.4. The highest BCUT2D eigenvalue weighted by Gasteiger charge is 2.41. The quantitative estimate of drug-likeness (QED) is 0.411. The normalized spacial score (nSPS) is 16.1. The van der Waals surface area contributed by atoms with E-state index in [-0.39, 0.29) is 5.69 Å². The molecule has 0 amide bonds. The number of benzene rings is 1. The van der Waals surface area contributed by atoms with Gasteiger partial charge in [-0.05, 0) is 20.2 Å². The number of nitrogens with one attached hydrogen (secondary N) is 3. The van der Waals surface area contributed by atoms with E-state index < -0.39 is 10.6 Å². The van der Waals surface area contributed by atoms with Crippen molar-refractivity contribution in [1.29, 1.82) is 0 Å². The first-order valence-corrected chi connectivity index (χ1v) is 5.52. The van der Waals surface area contributed by atoms with Gasteiger partial charge in [0.05, 0.1) is 10.6 Å². The molecule has 2 rings (SSSR count). The minimum Gasteiger partial charge on any atom is -0.374 e. The molecule has 0 atom stereocenters. The van der Waals surface area contributed by atoms with Crippen molar-refractivity contribution in [3.8, 4) is 0 Å². The van der Waals surface area contributed by atoms with Gasteiger partial charge in [-0.2, -0.15) is 0 Å². The Labute approximate surface area is 104 Å². The monoisotopic (exact) mass is 249 g/mol.